The second kappa shape index (κ2) is 5.67. The first-order chi connectivity index (χ1) is 9.88. The van der Waals surface area contributed by atoms with Crippen LogP contribution in [0.5, 0.6) is 5.75 Å². The van der Waals surface area contributed by atoms with E-state index in [1.54, 1.807) is 6.92 Å². The van der Waals surface area contributed by atoms with Crippen LogP contribution in [0.15, 0.2) is 12.1 Å². The highest BCUT2D eigenvalue weighted by Crippen LogP contribution is 2.31. The Bertz CT molecular complexity index is 591. The van der Waals surface area contributed by atoms with E-state index >= 15 is 0 Å². The van der Waals surface area contributed by atoms with Gasteiger partial charge in [0.05, 0.1) is 13.0 Å². The third kappa shape index (κ3) is 2.55. The zero-order valence-corrected chi connectivity index (χ0v) is 11.6. The van der Waals surface area contributed by atoms with Gasteiger partial charge in [0.1, 0.15) is 11.4 Å². The Morgan fingerprint density at radius 1 is 1.33 bits per heavy atom. The maximum Gasteiger partial charge on any atom is 0.308 e. The first-order valence-electron chi connectivity index (χ1n) is 6.44. The van der Waals surface area contributed by atoms with Crippen LogP contribution in [0.2, 0.25) is 0 Å². The van der Waals surface area contributed by atoms with Crippen LogP contribution in [-0.2, 0) is 4.79 Å². The summed E-state index contributed by atoms with van der Waals surface area (Å²) < 4.78 is 32.3. The number of hydrogen-bond acceptors (Lipinski definition) is 3. The highest BCUT2D eigenvalue weighted by molar-refractivity contribution is 5.98. The number of ether oxygens (including phenoxy) is 1. The lowest BCUT2D eigenvalue weighted by atomic mass is 10.0. The Morgan fingerprint density at radius 2 is 1.95 bits per heavy atom. The van der Waals surface area contributed by atoms with Crippen LogP contribution in [0.3, 0.4) is 0 Å². The van der Waals surface area contributed by atoms with Crippen LogP contribution in [0.25, 0.3) is 0 Å². The predicted molar refractivity (Wildman–Crippen MR) is 69.2 cm³/mol. The average molecular weight is 299 g/mol. The van der Waals surface area contributed by atoms with E-state index in [0.29, 0.717) is 0 Å². The molecule has 21 heavy (non-hydrogen) atoms. The molecule has 1 saturated heterocycles. The topological polar surface area (TPSA) is 66.8 Å². The Morgan fingerprint density at radius 3 is 2.48 bits per heavy atom. The van der Waals surface area contributed by atoms with Gasteiger partial charge in [-0.15, -0.1) is 0 Å². The molecule has 1 fully saturated rings. The number of aliphatic carboxylic acids is 1. The molecule has 0 saturated carbocycles. The maximum atomic E-state index is 13.9. The molecule has 0 spiro atoms. The fraction of sp³-hybridized carbons (Fsp3) is 0.429. The molecule has 1 N–H and O–H groups in total. The number of hydrogen-bond donors (Lipinski definition) is 1. The number of rotatable bonds is 3. The Balaban J connectivity index is 2.38. The van der Waals surface area contributed by atoms with Crippen molar-refractivity contribution in [2.75, 3.05) is 13.7 Å². The first kappa shape index (κ1) is 15.2. The summed E-state index contributed by atoms with van der Waals surface area (Å²) in [4.78, 5) is 24.7. The number of likely N-dealkylation sites (tertiary alicyclic amines) is 1. The summed E-state index contributed by atoms with van der Waals surface area (Å²) in [5.74, 6) is -4.69. The lowest BCUT2D eigenvalue weighted by molar-refractivity contribution is -0.142. The van der Waals surface area contributed by atoms with Gasteiger partial charge in [0.2, 0.25) is 0 Å². The summed E-state index contributed by atoms with van der Waals surface area (Å²) in [6, 6.07) is 1.13. The monoisotopic (exact) mass is 299 g/mol. The van der Waals surface area contributed by atoms with E-state index in [1.165, 1.54) is 4.90 Å². The lowest BCUT2D eigenvalue weighted by Crippen LogP contribution is -2.38. The smallest absolute Gasteiger partial charge is 0.308 e. The van der Waals surface area contributed by atoms with E-state index < -0.39 is 46.8 Å². The minimum absolute atomic E-state index is 0.177. The van der Waals surface area contributed by atoms with Crippen molar-refractivity contribution in [2.45, 2.75) is 19.4 Å². The van der Waals surface area contributed by atoms with E-state index in [9.17, 15) is 18.4 Å². The van der Waals surface area contributed by atoms with Gasteiger partial charge in [0.25, 0.3) is 5.91 Å². The van der Waals surface area contributed by atoms with Crippen molar-refractivity contribution >= 4 is 11.9 Å². The molecule has 1 heterocycles. The minimum Gasteiger partial charge on any atom is -0.493 e. The van der Waals surface area contributed by atoms with Crippen LogP contribution in [0, 0.1) is 17.6 Å². The highest BCUT2D eigenvalue weighted by atomic mass is 19.1. The summed E-state index contributed by atoms with van der Waals surface area (Å²) in [5, 5.41) is 9.06. The number of nitrogens with zero attached hydrogens (tertiary/aromatic N) is 1. The van der Waals surface area contributed by atoms with Gasteiger partial charge in [-0.3, -0.25) is 9.59 Å². The number of amides is 1. The summed E-state index contributed by atoms with van der Waals surface area (Å²) in [6.07, 6.45) is 0.279. The molecule has 0 aliphatic carbocycles. The van der Waals surface area contributed by atoms with Crippen molar-refractivity contribution in [3.8, 4) is 5.75 Å². The fourth-order valence-electron chi connectivity index (χ4n) is 2.63. The molecule has 1 amide bonds. The second-order valence-corrected chi connectivity index (χ2v) is 4.91. The summed E-state index contributed by atoms with van der Waals surface area (Å²) in [5.41, 5.74) is -0.504. The number of halogens is 2. The number of benzene rings is 1. The number of carboxylic acid groups (broad SMARTS) is 1. The summed E-state index contributed by atoms with van der Waals surface area (Å²) in [7, 11) is 1.14. The molecule has 114 valence electrons. The first-order valence-corrected chi connectivity index (χ1v) is 6.44. The van der Waals surface area contributed by atoms with Gasteiger partial charge < -0.3 is 14.7 Å². The number of methoxy groups -OCH3 is 1. The van der Waals surface area contributed by atoms with E-state index in [1.807, 2.05) is 0 Å². The lowest BCUT2D eigenvalue weighted by Gasteiger charge is -2.24. The quantitative estimate of drug-likeness (QED) is 0.926. The van der Waals surface area contributed by atoms with Crippen LogP contribution in [-0.4, -0.2) is 41.6 Å². The zero-order chi connectivity index (χ0) is 15.7. The van der Waals surface area contributed by atoms with Crippen molar-refractivity contribution in [2.24, 2.45) is 5.92 Å². The highest BCUT2D eigenvalue weighted by Gasteiger charge is 2.40. The summed E-state index contributed by atoms with van der Waals surface area (Å²) >= 11 is 0. The van der Waals surface area contributed by atoms with Crippen molar-refractivity contribution in [1.82, 2.24) is 4.90 Å². The Hall–Kier alpha value is -2.18. The van der Waals surface area contributed by atoms with Crippen molar-refractivity contribution < 1.29 is 28.2 Å². The third-order valence-electron chi connectivity index (χ3n) is 3.81. The van der Waals surface area contributed by atoms with Crippen LogP contribution in [0.4, 0.5) is 8.78 Å². The standard InChI is InChI=1S/C14H15F2NO4/c1-7-8(14(19)20)5-6-17(7)13(18)11-9(15)3-4-10(16)12(11)21-2/h3-4,7-8H,5-6H2,1-2H3,(H,19,20). The minimum atomic E-state index is -1.01. The molecule has 2 unspecified atom stereocenters. The number of carbonyl (C=O) groups is 2. The molecule has 2 rings (SSSR count). The summed E-state index contributed by atoms with van der Waals surface area (Å²) in [6.45, 7) is 1.75. The molecule has 7 heteroatoms. The molecule has 1 aromatic carbocycles. The number of carboxylic acids is 1. The molecule has 5 nitrogen and oxygen atoms in total. The molecule has 0 bridgehead atoms. The Labute approximate surface area is 120 Å². The van der Waals surface area contributed by atoms with Gasteiger partial charge in [-0.2, -0.15) is 0 Å². The van der Waals surface area contributed by atoms with E-state index in [0.717, 1.165) is 19.2 Å². The van der Waals surface area contributed by atoms with Gasteiger partial charge in [0, 0.05) is 12.6 Å². The maximum absolute atomic E-state index is 13.9. The largest absolute Gasteiger partial charge is 0.493 e. The van der Waals surface area contributed by atoms with Gasteiger partial charge >= 0.3 is 5.97 Å². The van der Waals surface area contributed by atoms with Gasteiger partial charge in [-0.25, -0.2) is 8.78 Å². The van der Waals surface area contributed by atoms with Crippen molar-refractivity contribution in [1.29, 1.82) is 0 Å². The van der Waals surface area contributed by atoms with Crippen molar-refractivity contribution in [3.63, 3.8) is 0 Å². The molecule has 1 aliphatic rings. The average Bonchev–Trinajstić information content (AvgIpc) is 2.82. The fourth-order valence-corrected chi connectivity index (χ4v) is 2.63. The molecule has 1 aromatic rings. The molecule has 1 aliphatic heterocycles. The predicted octanol–water partition coefficient (Wildman–Crippen LogP) is 1.91. The molecular weight excluding hydrogens is 284 g/mol. The second-order valence-electron chi connectivity index (χ2n) is 4.91. The molecule has 0 aromatic heterocycles. The van der Waals surface area contributed by atoms with E-state index in [2.05, 4.69) is 0 Å². The normalized spacial score (nSPS) is 21.4. The van der Waals surface area contributed by atoms with Crippen LogP contribution < -0.4 is 4.74 Å². The zero-order valence-electron chi connectivity index (χ0n) is 11.6. The third-order valence-corrected chi connectivity index (χ3v) is 3.81. The Kier molecular flexibility index (Phi) is 4.11. The van der Waals surface area contributed by atoms with Gasteiger partial charge in [0.15, 0.2) is 11.6 Å². The van der Waals surface area contributed by atoms with E-state index in [4.69, 9.17) is 9.84 Å². The van der Waals surface area contributed by atoms with Gasteiger partial charge in [-0.1, -0.05) is 0 Å². The molecular formula is C14H15F2NO4. The van der Waals surface area contributed by atoms with E-state index in [-0.39, 0.29) is 13.0 Å². The van der Waals surface area contributed by atoms with Crippen molar-refractivity contribution in [3.05, 3.63) is 29.3 Å². The van der Waals surface area contributed by atoms with Crippen LogP contribution in [0.1, 0.15) is 23.7 Å². The number of carbonyl (C=O) groups excluding carboxylic acids is 1. The SMILES string of the molecule is COc1c(F)ccc(F)c1C(=O)N1CCC(C(=O)O)C1C. The molecule has 2 atom stereocenters. The molecule has 0 radical (unpaired) electrons. The van der Waals surface area contributed by atoms with Gasteiger partial charge in [-0.05, 0) is 25.5 Å². The van der Waals surface area contributed by atoms with Crippen LogP contribution >= 0.6 is 0 Å².